The lowest BCUT2D eigenvalue weighted by molar-refractivity contribution is 0.0675. The Morgan fingerprint density at radius 1 is 1.62 bits per heavy atom. The third-order valence-corrected chi connectivity index (χ3v) is 2.44. The Labute approximate surface area is 82.7 Å². The molecule has 1 aromatic heterocycles. The third kappa shape index (κ3) is 2.45. The first-order valence-corrected chi connectivity index (χ1v) is 5.07. The molecule has 2 rings (SSSR count). The van der Waals surface area contributed by atoms with Crippen molar-refractivity contribution in [3.8, 4) is 0 Å². The molecule has 0 aromatic carbocycles. The minimum atomic E-state index is 0.444. The number of ether oxygens (including phenoxy) is 1. The van der Waals surface area contributed by atoms with Crippen LogP contribution in [0.2, 0.25) is 0 Å². The molecule has 72 valence electrons. The lowest BCUT2D eigenvalue weighted by Gasteiger charge is -2.06. The summed E-state index contributed by atoms with van der Waals surface area (Å²) in [6, 6.07) is 0. The maximum atomic E-state index is 5.69. The zero-order valence-electron chi connectivity index (χ0n) is 7.45. The fraction of sp³-hybridized carbons (Fsp3) is 0.667. The van der Waals surface area contributed by atoms with Crippen LogP contribution in [0, 0.1) is 5.92 Å². The summed E-state index contributed by atoms with van der Waals surface area (Å²) in [5.41, 5.74) is 0. The first kappa shape index (κ1) is 9.03. The zero-order chi connectivity index (χ0) is 9.10. The summed E-state index contributed by atoms with van der Waals surface area (Å²) in [6.07, 6.45) is 6.29. The largest absolute Gasteiger partial charge is 0.360 e. The van der Waals surface area contributed by atoms with E-state index in [-0.39, 0.29) is 0 Å². The first-order valence-electron chi connectivity index (χ1n) is 4.54. The maximum absolute atomic E-state index is 5.69. The van der Waals surface area contributed by atoms with E-state index in [2.05, 4.69) is 4.98 Å². The number of hydrogen-bond acceptors (Lipinski definition) is 2. The van der Waals surface area contributed by atoms with Crippen LogP contribution in [-0.2, 0) is 17.3 Å². The molecule has 0 radical (unpaired) electrons. The first-order chi connectivity index (χ1) is 6.40. The quantitative estimate of drug-likeness (QED) is 0.680. The van der Waals surface area contributed by atoms with Crippen LogP contribution in [0.25, 0.3) is 0 Å². The number of hydrogen-bond donors (Lipinski definition) is 0. The molecule has 0 spiro atoms. The zero-order valence-corrected chi connectivity index (χ0v) is 8.20. The summed E-state index contributed by atoms with van der Waals surface area (Å²) in [6.45, 7) is 1.46. The Hall–Kier alpha value is -0.540. The second-order valence-corrected chi connectivity index (χ2v) is 3.66. The van der Waals surface area contributed by atoms with Crippen LogP contribution in [0.1, 0.15) is 18.7 Å². The highest BCUT2D eigenvalue weighted by Crippen LogP contribution is 2.28. The van der Waals surface area contributed by atoms with Gasteiger partial charge in [0.25, 0.3) is 0 Å². The van der Waals surface area contributed by atoms with Crippen LogP contribution >= 0.6 is 11.6 Å². The molecule has 0 atom stereocenters. The van der Waals surface area contributed by atoms with E-state index in [4.69, 9.17) is 16.3 Å². The number of halogens is 1. The molecule has 0 bridgehead atoms. The molecule has 1 aliphatic rings. The number of nitrogens with zero attached hydrogens (tertiary/aromatic N) is 2. The molecule has 0 aliphatic heterocycles. The van der Waals surface area contributed by atoms with Crippen LogP contribution in [0.4, 0.5) is 0 Å². The highest BCUT2D eigenvalue weighted by atomic mass is 35.5. The van der Waals surface area contributed by atoms with Crippen LogP contribution in [0.3, 0.4) is 0 Å². The Morgan fingerprint density at radius 3 is 3.15 bits per heavy atom. The van der Waals surface area contributed by atoms with Crippen molar-refractivity contribution in [1.29, 1.82) is 0 Å². The van der Waals surface area contributed by atoms with E-state index >= 15 is 0 Å². The molecule has 0 unspecified atom stereocenters. The van der Waals surface area contributed by atoms with Crippen LogP contribution < -0.4 is 0 Å². The van der Waals surface area contributed by atoms with Gasteiger partial charge in [-0.2, -0.15) is 0 Å². The fourth-order valence-electron chi connectivity index (χ4n) is 1.19. The minimum Gasteiger partial charge on any atom is -0.360 e. The van der Waals surface area contributed by atoms with Gasteiger partial charge in [0.15, 0.2) is 0 Å². The van der Waals surface area contributed by atoms with Crippen LogP contribution in [0.15, 0.2) is 12.4 Å². The lowest BCUT2D eigenvalue weighted by atomic mass is 10.5. The van der Waals surface area contributed by atoms with E-state index in [1.165, 1.54) is 12.8 Å². The number of alkyl halides is 1. The minimum absolute atomic E-state index is 0.444. The van der Waals surface area contributed by atoms with Crippen LogP contribution in [0.5, 0.6) is 0 Å². The highest BCUT2D eigenvalue weighted by molar-refractivity contribution is 6.16. The predicted octanol–water partition coefficient (Wildman–Crippen LogP) is 2.01. The van der Waals surface area contributed by atoms with E-state index in [0.29, 0.717) is 12.6 Å². The average Bonchev–Trinajstić information content (AvgIpc) is 2.84. The standard InChI is InChI=1S/C9H13ClN2O/c10-5-9-11-3-4-12(9)7-13-6-8-1-2-8/h3-4,8H,1-2,5-7H2. The van der Waals surface area contributed by atoms with Gasteiger partial charge in [0.2, 0.25) is 0 Å². The molecule has 3 nitrogen and oxygen atoms in total. The summed E-state index contributed by atoms with van der Waals surface area (Å²) in [5, 5.41) is 0. The molecule has 1 aromatic rings. The van der Waals surface area contributed by atoms with E-state index in [1.54, 1.807) is 6.20 Å². The maximum Gasteiger partial charge on any atom is 0.125 e. The summed E-state index contributed by atoms with van der Waals surface area (Å²) < 4.78 is 7.45. The number of imidazole rings is 1. The molecule has 0 N–H and O–H groups in total. The van der Waals surface area contributed by atoms with Gasteiger partial charge in [0, 0.05) is 12.4 Å². The van der Waals surface area contributed by atoms with Gasteiger partial charge in [0.1, 0.15) is 12.6 Å². The average molecular weight is 201 g/mol. The van der Waals surface area contributed by atoms with Gasteiger partial charge >= 0.3 is 0 Å². The van der Waals surface area contributed by atoms with Crippen molar-refractivity contribution in [2.75, 3.05) is 6.61 Å². The molecule has 4 heteroatoms. The topological polar surface area (TPSA) is 27.1 Å². The Kier molecular flexibility index (Phi) is 2.86. The second-order valence-electron chi connectivity index (χ2n) is 3.39. The van der Waals surface area contributed by atoms with Crippen LogP contribution in [-0.4, -0.2) is 16.2 Å². The Morgan fingerprint density at radius 2 is 2.46 bits per heavy atom. The number of aromatic nitrogens is 2. The van der Waals surface area contributed by atoms with Crippen molar-refractivity contribution in [1.82, 2.24) is 9.55 Å². The van der Waals surface area contributed by atoms with Crippen molar-refractivity contribution >= 4 is 11.6 Å². The fourth-order valence-corrected chi connectivity index (χ4v) is 1.41. The van der Waals surface area contributed by atoms with Gasteiger partial charge in [0.05, 0.1) is 12.5 Å². The smallest absolute Gasteiger partial charge is 0.125 e. The molecular formula is C9H13ClN2O. The monoisotopic (exact) mass is 200 g/mol. The normalized spacial score (nSPS) is 16.4. The summed E-state index contributed by atoms with van der Waals surface area (Å²) in [4.78, 5) is 4.10. The summed E-state index contributed by atoms with van der Waals surface area (Å²) >= 11 is 5.69. The molecule has 1 heterocycles. The molecule has 1 saturated carbocycles. The SMILES string of the molecule is ClCc1nccn1COCC1CC1. The lowest BCUT2D eigenvalue weighted by Crippen LogP contribution is -2.06. The van der Waals surface area contributed by atoms with Gasteiger partial charge in [-0.15, -0.1) is 11.6 Å². The molecule has 0 saturated heterocycles. The number of rotatable bonds is 5. The highest BCUT2D eigenvalue weighted by Gasteiger charge is 2.21. The molecule has 0 amide bonds. The van der Waals surface area contributed by atoms with E-state index in [0.717, 1.165) is 18.3 Å². The van der Waals surface area contributed by atoms with E-state index in [1.807, 2.05) is 10.8 Å². The van der Waals surface area contributed by atoms with Gasteiger partial charge in [-0.3, -0.25) is 0 Å². The second kappa shape index (κ2) is 4.11. The van der Waals surface area contributed by atoms with Crippen molar-refractivity contribution in [3.63, 3.8) is 0 Å². The molecule has 1 aliphatic carbocycles. The third-order valence-electron chi connectivity index (χ3n) is 2.20. The van der Waals surface area contributed by atoms with Gasteiger partial charge in [-0.05, 0) is 18.8 Å². The predicted molar refractivity (Wildman–Crippen MR) is 50.5 cm³/mol. The summed E-state index contributed by atoms with van der Waals surface area (Å²) in [5.74, 6) is 2.13. The van der Waals surface area contributed by atoms with Gasteiger partial charge in [-0.1, -0.05) is 0 Å². The molecular weight excluding hydrogens is 188 g/mol. The van der Waals surface area contributed by atoms with Crippen molar-refractivity contribution < 1.29 is 4.74 Å². The van der Waals surface area contributed by atoms with E-state index < -0.39 is 0 Å². The van der Waals surface area contributed by atoms with Gasteiger partial charge in [-0.25, -0.2) is 4.98 Å². The molecule has 1 fully saturated rings. The molecule has 13 heavy (non-hydrogen) atoms. The van der Waals surface area contributed by atoms with Crippen molar-refractivity contribution in [3.05, 3.63) is 18.2 Å². The Bertz CT molecular complexity index is 270. The Balaban J connectivity index is 1.78. The van der Waals surface area contributed by atoms with Gasteiger partial charge < -0.3 is 9.30 Å². The van der Waals surface area contributed by atoms with E-state index in [9.17, 15) is 0 Å². The van der Waals surface area contributed by atoms with Crippen molar-refractivity contribution in [2.24, 2.45) is 5.92 Å². The van der Waals surface area contributed by atoms with Crippen molar-refractivity contribution in [2.45, 2.75) is 25.5 Å². The summed E-state index contributed by atoms with van der Waals surface area (Å²) in [7, 11) is 0.